The molecule has 0 aliphatic rings. The molecule has 0 aliphatic heterocycles. The first-order valence-corrected chi connectivity index (χ1v) is 11.9. The lowest BCUT2D eigenvalue weighted by Crippen LogP contribution is -2.52. The van der Waals surface area contributed by atoms with Crippen LogP contribution in [0.2, 0.25) is 0 Å². The second kappa shape index (κ2) is 12.7. The zero-order valence-corrected chi connectivity index (χ0v) is 20.5. The summed E-state index contributed by atoms with van der Waals surface area (Å²) >= 11 is 0. The van der Waals surface area contributed by atoms with Crippen LogP contribution in [-0.4, -0.2) is 58.3 Å². The van der Waals surface area contributed by atoms with Crippen molar-refractivity contribution in [2.45, 2.75) is 39.0 Å². The molecule has 8 nitrogen and oxygen atoms in total. The molecule has 0 spiro atoms. The Balaban J connectivity index is 1.64. The standard InChI is InChI=1S/C28H32N2O6/c1-19(2)16-30(17-25(31)27(34)36-18-20-8-4-3-5-9-20)28(35)29-24(26(32)33)15-21-12-13-22-10-6-7-11-23(22)14-21/h3-14,19,24-25,31H,15-18H2,1-2H3,(H,29,35)(H,32,33)/t24-,25+/m0/s1. The summed E-state index contributed by atoms with van der Waals surface area (Å²) in [5, 5.41) is 24.7. The Kier molecular flexibility index (Phi) is 9.41. The van der Waals surface area contributed by atoms with Crippen LogP contribution in [0.25, 0.3) is 10.8 Å². The number of ether oxygens (including phenoxy) is 1. The van der Waals surface area contributed by atoms with Gasteiger partial charge in [0.25, 0.3) is 0 Å². The highest BCUT2D eigenvalue weighted by molar-refractivity contribution is 5.85. The lowest BCUT2D eigenvalue weighted by molar-refractivity contribution is -0.155. The highest BCUT2D eigenvalue weighted by Crippen LogP contribution is 2.17. The summed E-state index contributed by atoms with van der Waals surface area (Å²) in [5.74, 6) is -2.01. The molecule has 0 saturated heterocycles. The Labute approximate surface area is 210 Å². The molecule has 3 rings (SSSR count). The smallest absolute Gasteiger partial charge is 0.337 e. The van der Waals surface area contributed by atoms with Crippen molar-refractivity contribution in [1.82, 2.24) is 10.2 Å². The average molecular weight is 493 g/mol. The van der Waals surface area contributed by atoms with E-state index >= 15 is 0 Å². The Morgan fingerprint density at radius 1 is 0.889 bits per heavy atom. The molecular formula is C28H32N2O6. The third kappa shape index (κ3) is 7.81. The molecular weight excluding hydrogens is 460 g/mol. The number of carboxylic acids is 1. The largest absolute Gasteiger partial charge is 0.480 e. The van der Waals surface area contributed by atoms with Crippen LogP contribution in [0, 0.1) is 5.92 Å². The molecule has 3 N–H and O–H groups in total. The number of urea groups is 1. The summed E-state index contributed by atoms with van der Waals surface area (Å²) < 4.78 is 5.17. The van der Waals surface area contributed by atoms with Gasteiger partial charge in [-0.1, -0.05) is 86.6 Å². The number of carbonyl (C=O) groups is 3. The molecule has 0 fully saturated rings. The van der Waals surface area contributed by atoms with Gasteiger partial charge in [0.2, 0.25) is 0 Å². The lowest BCUT2D eigenvalue weighted by atomic mass is 10.0. The fourth-order valence-electron chi connectivity index (χ4n) is 3.83. The number of aliphatic hydroxyl groups excluding tert-OH is 1. The predicted octanol–water partition coefficient (Wildman–Crippen LogP) is 3.61. The van der Waals surface area contributed by atoms with Crippen molar-refractivity contribution < 1.29 is 29.3 Å². The second-order valence-electron chi connectivity index (χ2n) is 9.13. The van der Waals surface area contributed by atoms with Crippen LogP contribution >= 0.6 is 0 Å². The maximum atomic E-state index is 13.0. The highest BCUT2D eigenvalue weighted by Gasteiger charge is 2.28. The van der Waals surface area contributed by atoms with Gasteiger partial charge in [0.15, 0.2) is 6.10 Å². The van der Waals surface area contributed by atoms with Crippen LogP contribution in [0.3, 0.4) is 0 Å². The number of fused-ring (bicyclic) bond motifs is 1. The number of carbonyl (C=O) groups excluding carboxylic acids is 2. The van der Waals surface area contributed by atoms with Gasteiger partial charge in [-0.05, 0) is 27.8 Å². The number of nitrogens with one attached hydrogen (secondary N) is 1. The minimum absolute atomic E-state index is 0.0000431. The summed E-state index contributed by atoms with van der Waals surface area (Å²) in [6, 6.07) is 20.6. The van der Waals surface area contributed by atoms with Crippen LogP contribution < -0.4 is 5.32 Å². The van der Waals surface area contributed by atoms with Crippen molar-refractivity contribution in [3.05, 3.63) is 83.9 Å². The fourth-order valence-corrected chi connectivity index (χ4v) is 3.83. The van der Waals surface area contributed by atoms with E-state index < -0.39 is 30.1 Å². The molecule has 3 aromatic rings. The molecule has 3 aromatic carbocycles. The first-order valence-electron chi connectivity index (χ1n) is 11.9. The first kappa shape index (κ1) is 26.7. The first-order chi connectivity index (χ1) is 17.2. The minimum Gasteiger partial charge on any atom is -0.480 e. The molecule has 0 bridgehead atoms. The van der Waals surface area contributed by atoms with Crippen LogP contribution in [0.4, 0.5) is 4.79 Å². The monoisotopic (exact) mass is 492 g/mol. The van der Waals surface area contributed by atoms with Crippen molar-refractivity contribution in [3.63, 3.8) is 0 Å². The van der Waals surface area contributed by atoms with Crippen molar-refractivity contribution in [1.29, 1.82) is 0 Å². The van der Waals surface area contributed by atoms with E-state index in [0.29, 0.717) is 0 Å². The van der Waals surface area contributed by atoms with Crippen LogP contribution in [0.5, 0.6) is 0 Å². The van der Waals surface area contributed by atoms with Crippen molar-refractivity contribution in [2.75, 3.05) is 13.1 Å². The van der Waals surface area contributed by atoms with Gasteiger partial charge in [-0.2, -0.15) is 0 Å². The van der Waals surface area contributed by atoms with Gasteiger partial charge in [0.1, 0.15) is 12.6 Å². The van der Waals surface area contributed by atoms with E-state index in [-0.39, 0.29) is 32.0 Å². The zero-order chi connectivity index (χ0) is 26.1. The molecule has 0 saturated carbocycles. The van der Waals surface area contributed by atoms with E-state index in [1.807, 2.05) is 74.5 Å². The number of amides is 2. The van der Waals surface area contributed by atoms with E-state index in [2.05, 4.69) is 5.32 Å². The second-order valence-corrected chi connectivity index (χ2v) is 9.13. The SMILES string of the molecule is CC(C)CN(C[C@@H](O)C(=O)OCc1ccccc1)C(=O)N[C@@H](Cc1ccc2ccccc2c1)C(=O)O. The summed E-state index contributed by atoms with van der Waals surface area (Å²) in [4.78, 5) is 38.5. The summed E-state index contributed by atoms with van der Waals surface area (Å²) in [7, 11) is 0. The van der Waals surface area contributed by atoms with Crippen molar-refractivity contribution in [3.8, 4) is 0 Å². The van der Waals surface area contributed by atoms with Crippen molar-refractivity contribution >= 4 is 28.7 Å². The van der Waals surface area contributed by atoms with Crippen LogP contribution in [0.1, 0.15) is 25.0 Å². The number of esters is 1. The van der Waals surface area contributed by atoms with Crippen LogP contribution in [-0.2, 0) is 27.4 Å². The molecule has 2 amide bonds. The average Bonchev–Trinajstić information content (AvgIpc) is 2.86. The summed E-state index contributed by atoms with van der Waals surface area (Å²) in [5.41, 5.74) is 1.54. The van der Waals surface area contributed by atoms with Gasteiger partial charge in [-0.25, -0.2) is 14.4 Å². The van der Waals surface area contributed by atoms with E-state index in [9.17, 15) is 24.6 Å². The number of hydrogen-bond acceptors (Lipinski definition) is 5. The molecule has 190 valence electrons. The lowest BCUT2D eigenvalue weighted by Gasteiger charge is -2.28. The Hall–Kier alpha value is -3.91. The van der Waals surface area contributed by atoms with Crippen LogP contribution in [0.15, 0.2) is 72.8 Å². The Morgan fingerprint density at radius 3 is 2.22 bits per heavy atom. The molecule has 0 unspecified atom stereocenters. The number of hydrogen-bond donors (Lipinski definition) is 3. The molecule has 2 atom stereocenters. The van der Waals surface area contributed by atoms with Gasteiger partial charge < -0.3 is 25.2 Å². The number of rotatable bonds is 11. The van der Waals surface area contributed by atoms with Gasteiger partial charge in [0, 0.05) is 13.0 Å². The molecule has 8 heteroatoms. The van der Waals surface area contributed by atoms with Crippen molar-refractivity contribution in [2.24, 2.45) is 5.92 Å². The highest BCUT2D eigenvalue weighted by atomic mass is 16.5. The van der Waals surface area contributed by atoms with E-state index in [4.69, 9.17) is 4.74 Å². The molecule has 36 heavy (non-hydrogen) atoms. The number of aliphatic hydroxyl groups is 1. The normalized spacial score (nSPS) is 12.7. The Morgan fingerprint density at radius 2 is 1.56 bits per heavy atom. The van der Waals surface area contributed by atoms with Gasteiger partial charge in [-0.3, -0.25) is 0 Å². The number of nitrogens with zero attached hydrogens (tertiary/aromatic N) is 1. The third-order valence-electron chi connectivity index (χ3n) is 5.61. The van der Waals surface area contributed by atoms with Gasteiger partial charge in [-0.15, -0.1) is 0 Å². The maximum absolute atomic E-state index is 13.0. The number of benzene rings is 3. The zero-order valence-electron chi connectivity index (χ0n) is 20.5. The predicted molar refractivity (Wildman–Crippen MR) is 136 cm³/mol. The minimum atomic E-state index is -1.57. The Bertz CT molecular complexity index is 1180. The topological polar surface area (TPSA) is 116 Å². The molecule has 0 radical (unpaired) electrons. The molecule has 0 heterocycles. The third-order valence-corrected chi connectivity index (χ3v) is 5.61. The van der Waals surface area contributed by atoms with Gasteiger partial charge in [0.05, 0.1) is 6.54 Å². The van der Waals surface area contributed by atoms with E-state index in [0.717, 1.165) is 21.9 Å². The maximum Gasteiger partial charge on any atom is 0.337 e. The van der Waals surface area contributed by atoms with E-state index in [1.54, 1.807) is 12.1 Å². The fraction of sp³-hybridized carbons (Fsp3) is 0.321. The van der Waals surface area contributed by atoms with E-state index in [1.165, 1.54) is 4.90 Å². The summed E-state index contributed by atoms with van der Waals surface area (Å²) in [6.45, 7) is 3.66. The number of carboxylic acid groups (broad SMARTS) is 1. The van der Waals surface area contributed by atoms with Gasteiger partial charge >= 0.3 is 18.0 Å². The summed E-state index contributed by atoms with van der Waals surface area (Å²) in [6.07, 6.45) is -1.48. The molecule has 0 aromatic heterocycles. The number of aliphatic carboxylic acids is 1. The quantitative estimate of drug-likeness (QED) is 0.352. The molecule has 0 aliphatic carbocycles.